The van der Waals surface area contributed by atoms with Gasteiger partial charge in [-0.1, -0.05) is 12.1 Å². The molecule has 0 aliphatic carbocycles. The Morgan fingerprint density at radius 3 is 2.96 bits per heavy atom. The van der Waals surface area contributed by atoms with E-state index in [1.54, 1.807) is 16.9 Å². The van der Waals surface area contributed by atoms with Crippen molar-refractivity contribution in [2.45, 2.75) is 19.5 Å². The monoisotopic (exact) mass is 321 g/mol. The van der Waals surface area contributed by atoms with Crippen molar-refractivity contribution >= 4 is 5.69 Å². The van der Waals surface area contributed by atoms with E-state index in [9.17, 15) is 4.79 Å². The molecule has 0 amide bonds. The van der Waals surface area contributed by atoms with E-state index in [4.69, 9.17) is 5.73 Å². The number of nitrogens with zero attached hydrogens (tertiary/aromatic N) is 3. The standard InChI is InChI=1S/C18H19N5O/c19-14-4-1-5-15(9-14)23-18(24)16-12-22(8-6-17(16)21-23)11-13-3-2-7-20-10-13/h1-5,7,9-10,21H,6,8,11-12,19H2. The molecule has 6 nitrogen and oxygen atoms in total. The van der Waals surface area contributed by atoms with Crippen LogP contribution in [-0.2, 0) is 19.5 Å². The summed E-state index contributed by atoms with van der Waals surface area (Å²) in [4.78, 5) is 19.2. The van der Waals surface area contributed by atoms with Crippen LogP contribution in [0.1, 0.15) is 16.8 Å². The molecule has 0 atom stereocenters. The molecule has 0 fully saturated rings. The number of nitrogens with one attached hydrogen (secondary N) is 1. The van der Waals surface area contributed by atoms with Crippen LogP contribution in [0.15, 0.2) is 53.6 Å². The number of H-pyrrole nitrogens is 1. The molecule has 1 aromatic carbocycles. The quantitative estimate of drug-likeness (QED) is 0.720. The van der Waals surface area contributed by atoms with E-state index in [2.05, 4.69) is 21.0 Å². The van der Waals surface area contributed by atoms with E-state index >= 15 is 0 Å². The second-order valence-corrected chi connectivity index (χ2v) is 6.13. The highest BCUT2D eigenvalue weighted by Gasteiger charge is 2.23. The first kappa shape index (κ1) is 14.7. The number of benzene rings is 1. The lowest BCUT2D eigenvalue weighted by molar-refractivity contribution is 0.244. The van der Waals surface area contributed by atoms with Gasteiger partial charge in [-0.3, -0.25) is 19.8 Å². The lowest BCUT2D eigenvalue weighted by Gasteiger charge is -2.25. The van der Waals surface area contributed by atoms with Crippen LogP contribution >= 0.6 is 0 Å². The fraction of sp³-hybridized carbons (Fsp3) is 0.222. The molecule has 24 heavy (non-hydrogen) atoms. The molecular weight excluding hydrogens is 302 g/mol. The molecule has 6 heteroatoms. The molecule has 4 rings (SSSR count). The number of hydrogen-bond donors (Lipinski definition) is 2. The molecule has 0 unspecified atom stereocenters. The zero-order valence-electron chi connectivity index (χ0n) is 13.3. The van der Waals surface area contributed by atoms with Crippen LogP contribution in [0.2, 0.25) is 0 Å². The topological polar surface area (TPSA) is 79.9 Å². The van der Waals surface area contributed by atoms with Crippen molar-refractivity contribution in [3.8, 4) is 5.69 Å². The minimum absolute atomic E-state index is 0.00601. The Morgan fingerprint density at radius 2 is 2.17 bits per heavy atom. The highest BCUT2D eigenvalue weighted by atomic mass is 16.1. The summed E-state index contributed by atoms with van der Waals surface area (Å²) in [6, 6.07) is 11.3. The number of rotatable bonds is 3. The van der Waals surface area contributed by atoms with Crippen LogP contribution in [0.3, 0.4) is 0 Å². The van der Waals surface area contributed by atoms with Crippen LogP contribution in [0.4, 0.5) is 5.69 Å². The van der Waals surface area contributed by atoms with Crippen LogP contribution in [0.25, 0.3) is 5.69 Å². The van der Waals surface area contributed by atoms with Crippen molar-refractivity contribution in [2.75, 3.05) is 12.3 Å². The SMILES string of the molecule is Nc1cccc(-n2[nH]c3c(c2=O)CN(Cc2cccnc2)CC3)c1. The Hall–Kier alpha value is -2.86. The Kier molecular flexibility index (Phi) is 3.66. The van der Waals surface area contributed by atoms with Gasteiger partial charge in [0.1, 0.15) is 0 Å². The van der Waals surface area contributed by atoms with E-state index in [0.29, 0.717) is 12.2 Å². The van der Waals surface area contributed by atoms with Gasteiger partial charge in [-0.2, -0.15) is 0 Å². The van der Waals surface area contributed by atoms with Gasteiger partial charge in [-0.25, -0.2) is 4.68 Å². The van der Waals surface area contributed by atoms with Crippen molar-refractivity contribution in [1.82, 2.24) is 19.7 Å². The maximum absolute atomic E-state index is 12.8. The highest BCUT2D eigenvalue weighted by molar-refractivity contribution is 5.47. The molecule has 122 valence electrons. The number of aromatic nitrogens is 3. The zero-order chi connectivity index (χ0) is 16.5. The van der Waals surface area contributed by atoms with Gasteiger partial charge in [-0.05, 0) is 29.8 Å². The van der Waals surface area contributed by atoms with Gasteiger partial charge >= 0.3 is 0 Å². The number of anilines is 1. The number of fused-ring (bicyclic) bond motifs is 1. The molecule has 3 N–H and O–H groups in total. The minimum atomic E-state index is 0.00601. The fourth-order valence-electron chi connectivity index (χ4n) is 3.19. The first-order chi connectivity index (χ1) is 11.7. The third-order valence-corrected chi connectivity index (χ3v) is 4.39. The van der Waals surface area contributed by atoms with E-state index in [1.807, 2.05) is 30.5 Å². The second-order valence-electron chi connectivity index (χ2n) is 6.13. The van der Waals surface area contributed by atoms with Crippen LogP contribution < -0.4 is 11.3 Å². The predicted octanol–water partition coefficient (Wildman–Crippen LogP) is 1.70. The second kappa shape index (κ2) is 5.98. The zero-order valence-corrected chi connectivity index (χ0v) is 13.3. The van der Waals surface area contributed by atoms with Crippen molar-refractivity contribution in [1.29, 1.82) is 0 Å². The maximum atomic E-state index is 12.8. The number of pyridine rings is 1. The Morgan fingerprint density at radius 1 is 1.25 bits per heavy atom. The molecule has 0 bridgehead atoms. The number of nitrogens with two attached hydrogens (primary N) is 1. The number of nitrogen functional groups attached to an aromatic ring is 1. The van der Waals surface area contributed by atoms with Crippen LogP contribution in [-0.4, -0.2) is 26.2 Å². The summed E-state index contributed by atoms with van der Waals surface area (Å²) in [6.07, 6.45) is 4.48. The van der Waals surface area contributed by atoms with E-state index in [-0.39, 0.29) is 5.56 Å². The van der Waals surface area contributed by atoms with Gasteiger partial charge < -0.3 is 5.73 Å². The lowest BCUT2D eigenvalue weighted by atomic mass is 10.1. The molecular formula is C18H19N5O. The molecule has 3 heterocycles. The van der Waals surface area contributed by atoms with Crippen molar-refractivity contribution in [2.24, 2.45) is 0 Å². The molecule has 0 radical (unpaired) electrons. The third kappa shape index (κ3) is 2.72. The first-order valence-corrected chi connectivity index (χ1v) is 8.00. The van der Waals surface area contributed by atoms with Crippen LogP contribution in [0.5, 0.6) is 0 Å². The normalized spacial score (nSPS) is 14.5. The Balaban J connectivity index is 1.61. The highest BCUT2D eigenvalue weighted by Crippen LogP contribution is 2.18. The Labute approximate surface area is 139 Å². The van der Waals surface area contributed by atoms with Gasteiger partial charge in [0.2, 0.25) is 0 Å². The van der Waals surface area contributed by atoms with E-state index < -0.39 is 0 Å². The van der Waals surface area contributed by atoms with Crippen molar-refractivity contribution in [3.05, 3.63) is 76.0 Å². The molecule has 1 aliphatic heterocycles. The molecule has 0 saturated carbocycles. The maximum Gasteiger partial charge on any atom is 0.275 e. The molecule has 2 aromatic heterocycles. The minimum Gasteiger partial charge on any atom is -0.399 e. The average Bonchev–Trinajstić information content (AvgIpc) is 2.93. The third-order valence-electron chi connectivity index (χ3n) is 4.39. The summed E-state index contributed by atoms with van der Waals surface area (Å²) in [5.74, 6) is 0. The van der Waals surface area contributed by atoms with Crippen LogP contribution in [0, 0.1) is 0 Å². The van der Waals surface area contributed by atoms with Gasteiger partial charge in [0.05, 0.1) is 11.3 Å². The van der Waals surface area contributed by atoms with Crippen molar-refractivity contribution in [3.63, 3.8) is 0 Å². The molecule has 1 aliphatic rings. The van der Waals surface area contributed by atoms with Crippen molar-refractivity contribution < 1.29 is 0 Å². The lowest BCUT2D eigenvalue weighted by Crippen LogP contribution is -2.32. The smallest absolute Gasteiger partial charge is 0.275 e. The summed E-state index contributed by atoms with van der Waals surface area (Å²) in [5, 5.41) is 3.24. The average molecular weight is 321 g/mol. The van der Waals surface area contributed by atoms with Gasteiger partial charge in [0.15, 0.2) is 0 Å². The summed E-state index contributed by atoms with van der Waals surface area (Å²) >= 11 is 0. The predicted molar refractivity (Wildman–Crippen MR) is 92.9 cm³/mol. The summed E-state index contributed by atoms with van der Waals surface area (Å²) in [7, 11) is 0. The summed E-state index contributed by atoms with van der Waals surface area (Å²) in [5.41, 5.74) is 10.3. The molecule has 0 spiro atoms. The molecule has 3 aromatic rings. The first-order valence-electron chi connectivity index (χ1n) is 8.00. The number of hydrogen-bond acceptors (Lipinski definition) is 4. The number of aromatic amines is 1. The van der Waals surface area contributed by atoms with Gasteiger partial charge in [-0.15, -0.1) is 0 Å². The largest absolute Gasteiger partial charge is 0.399 e. The Bertz CT molecular complexity index is 913. The van der Waals surface area contributed by atoms with E-state index in [0.717, 1.165) is 42.0 Å². The summed E-state index contributed by atoms with van der Waals surface area (Å²) < 4.78 is 1.59. The van der Waals surface area contributed by atoms with Gasteiger partial charge in [0, 0.05) is 49.8 Å². The molecule has 0 saturated heterocycles. The fourth-order valence-corrected chi connectivity index (χ4v) is 3.19. The van der Waals surface area contributed by atoms with Gasteiger partial charge in [0.25, 0.3) is 5.56 Å². The van der Waals surface area contributed by atoms with E-state index in [1.165, 1.54) is 0 Å². The summed E-state index contributed by atoms with van der Waals surface area (Å²) in [6.45, 7) is 2.36.